The molecular weight excluding hydrogens is 659 g/mol. The first-order valence-corrected chi connectivity index (χ1v) is 23.4. The first-order chi connectivity index (χ1) is 26.0. The molecule has 6 nitrogen and oxygen atoms in total. The van der Waals surface area contributed by atoms with Crippen LogP contribution < -0.4 is 5.32 Å². The quantitative estimate of drug-likeness (QED) is 0.0328. The maximum atomic E-state index is 13.1. The van der Waals surface area contributed by atoms with Crippen LogP contribution in [0, 0.1) is 0 Å². The van der Waals surface area contributed by atoms with Crippen molar-refractivity contribution in [2.24, 2.45) is 0 Å². The molecule has 0 saturated carbocycles. The number of hydrogen-bond donors (Lipinski definition) is 3. The van der Waals surface area contributed by atoms with Crippen molar-refractivity contribution < 1.29 is 24.5 Å². The second-order valence-corrected chi connectivity index (χ2v) is 16.2. The highest BCUT2D eigenvalue weighted by molar-refractivity contribution is 5.77. The van der Waals surface area contributed by atoms with E-state index in [1.807, 2.05) is 0 Å². The van der Waals surface area contributed by atoms with Crippen LogP contribution in [0.4, 0.5) is 0 Å². The minimum absolute atomic E-state index is 0.0796. The molecule has 0 rings (SSSR count). The van der Waals surface area contributed by atoms with E-state index in [2.05, 4.69) is 38.2 Å². The predicted molar refractivity (Wildman–Crippen MR) is 227 cm³/mol. The number of nitrogens with one attached hydrogen (secondary N) is 1. The molecule has 0 aliphatic carbocycles. The zero-order valence-electron chi connectivity index (χ0n) is 35.7. The van der Waals surface area contributed by atoms with Crippen molar-refractivity contribution in [2.75, 3.05) is 6.61 Å². The first kappa shape index (κ1) is 51.6. The Kier molecular flexibility index (Phi) is 40.7. The van der Waals surface area contributed by atoms with Crippen molar-refractivity contribution in [1.82, 2.24) is 5.32 Å². The number of esters is 1. The molecule has 3 N–H and O–H groups in total. The number of ether oxygens (including phenoxy) is 1. The third-order valence-electron chi connectivity index (χ3n) is 10.8. The van der Waals surface area contributed by atoms with Gasteiger partial charge >= 0.3 is 5.97 Å². The van der Waals surface area contributed by atoms with Crippen LogP contribution in [-0.2, 0) is 14.3 Å². The van der Waals surface area contributed by atoms with Crippen LogP contribution in [0.3, 0.4) is 0 Å². The molecule has 0 aromatic rings. The molecule has 53 heavy (non-hydrogen) atoms. The van der Waals surface area contributed by atoms with E-state index in [9.17, 15) is 19.8 Å². The standard InChI is InChI=1S/C47H91NO5/c1-4-7-10-13-16-19-21-22-23-24-26-27-30-33-36-39-45(50)44(42-49)48-46(51)41-43(38-35-32-29-18-15-12-9-6-3)53-47(52)40-37-34-31-28-25-20-17-14-11-8-5-2/h14,17,43-45,49-50H,4-13,15-16,18-42H2,1-3H3,(H,48,51)/b17-14-. The molecule has 0 aliphatic rings. The molecule has 314 valence electrons. The van der Waals surface area contributed by atoms with Crippen molar-refractivity contribution in [1.29, 1.82) is 0 Å². The maximum absolute atomic E-state index is 13.1. The Hall–Kier alpha value is -1.40. The molecule has 0 aromatic heterocycles. The Morgan fingerprint density at radius 2 is 0.925 bits per heavy atom. The summed E-state index contributed by atoms with van der Waals surface area (Å²) in [6, 6.07) is -0.694. The Morgan fingerprint density at radius 1 is 0.528 bits per heavy atom. The van der Waals surface area contributed by atoms with Crippen molar-refractivity contribution in [3.8, 4) is 0 Å². The van der Waals surface area contributed by atoms with E-state index < -0.39 is 18.2 Å². The number of allylic oxidation sites excluding steroid dienone is 2. The van der Waals surface area contributed by atoms with Crippen LogP contribution in [0.25, 0.3) is 0 Å². The van der Waals surface area contributed by atoms with Crippen LogP contribution in [0.1, 0.15) is 252 Å². The van der Waals surface area contributed by atoms with E-state index in [1.54, 1.807) is 0 Å². The van der Waals surface area contributed by atoms with Gasteiger partial charge < -0.3 is 20.3 Å². The van der Waals surface area contributed by atoms with Gasteiger partial charge in [0.1, 0.15) is 6.10 Å². The largest absolute Gasteiger partial charge is 0.462 e. The molecular formula is C47H91NO5. The second kappa shape index (κ2) is 41.8. The molecule has 0 spiro atoms. The van der Waals surface area contributed by atoms with Gasteiger partial charge in [-0.25, -0.2) is 0 Å². The van der Waals surface area contributed by atoms with E-state index in [0.717, 1.165) is 51.4 Å². The molecule has 1 amide bonds. The van der Waals surface area contributed by atoms with E-state index in [4.69, 9.17) is 4.74 Å². The molecule has 0 aromatic carbocycles. The van der Waals surface area contributed by atoms with Gasteiger partial charge in [0, 0.05) is 6.42 Å². The predicted octanol–water partition coefficient (Wildman–Crippen LogP) is 13.4. The van der Waals surface area contributed by atoms with Gasteiger partial charge in [-0.3, -0.25) is 9.59 Å². The van der Waals surface area contributed by atoms with Crippen molar-refractivity contribution in [3.63, 3.8) is 0 Å². The third-order valence-corrected chi connectivity index (χ3v) is 10.8. The minimum Gasteiger partial charge on any atom is -0.462 e. The maximum Gasteiger partial charge on any atom is 0.306 e. The smallest absolute Gasteiger partial charge is 0.306 e. The van der Waals surface area contributed by atoms with Gasteiger partial charge in [0.05, 0.1) is 25.2 Å². The summed E-state index contributed by atoms with van der Waals surface area (Å²) in [7, 11) is 0. The first-order valence-electron chi connectivity index (χ1n) is 23.4. The van der Waals surface area contributed by atoms with Crippen LogP contribution in [0.2, 0.25) is 0 Å². The zero-order valence-corrected chi connectivity index (χ0v) is 35.7. The number of carbonyl (C=O) groups is 2. The fraction of sp³-hybridized carbons (Fsp3) is 0.915. The van der Waals surface area contributed by atoms with Gasteiger partial charge in [0.15, 0.2) is 0 Å². The van der Waals surface area contributed by atoms with Crippen molar-refractivity contribution in [2.45, 2.75) is 270 Å². The highest BCUT2D eigenvalue weighted by atomic mass is 16.5. The second-order valence-electron chi connectivity index (χ2n) is 16.2. The van der Waals surface area contributed by atoms with E-state index in [-0.39, 0.29) is 24.9 Å². The molecule has 0 fully saturated rings. The Morgan fingerprint density at radius 3 is 1.40 bits per heavy atom. The lowest BCUT2D eigenvalue weighted by Gasteiger charge is -2.24. The molecule has 0 heterocycles. The van der Waals surface area contributed by atoms with Gasteiger partial charge in [-0.1, -0.05) is 206 Å². The summed E-state index contributed by atoms with van der Waals surface area (Å²) in [6.45, 7) is 6.43. The Bertz CT molecular complexity index is 802. The van der Waals surface area contributed by atoms with E-state index >= 15 is 0 Å². The fourth-order valence-corrected chi connectivity index (χ4v) is 7.23. The summed E-state index contributed by atoms with van der Waals surface area (Å²) in [5.74, 6) is -0.478. The molecule has 3 unspecified atom stereocenters. The average Bonchev–Trinajstić information content (AvgIpc) is 3.15. The lowest BCUT2D eigenvalue weighted by Crippen LogP contribution is -2.46. The molecule has 6 heteroatoms. The summed E-state index contributed by atoms with van der Waals surface area (Å²) in [5.41, 5.74) is 0. The normalized spacial score (nSPS) is 13.4. The number of carbonyl (C=O) groups excluding carboxylic acids is 2. The van der Waals surface area contributed by atoms with Crippen LogP contribution in [-0.4, -0.2) is 46.9 Å². The van der Waals surface area contributed by atoms with Gasteiger partial charge in [0.25, 0.3) is 0 Å². The number of aliphatic hydroxyl groups excluding tert-OH is 2. The third kappa shape index (κ3) is 37.3. The number of amides is 1. The van der Waals surface area contributed by atoms with Gasteiger partial charge in [-0.2, -0.15) is 0 Å². The van der Waals surface area contributed by atoms with Gasteiger partial charge in [-0.15, -0.1) is 0 Å². The van der Waals surface area contributed by atoms with E-state index in [1.165, 1.54) is 154 Å². The van der Waals surface area contributed by atoms with E-state index in [0.29, 0.717) is 19.3 Å². The van der Waals surface area contributed by atoms with Crippen molar-refractivity contribution >= 4 is 11.9 Å². The summed E-state index contributed by atoms with van der Waals surface area (Å²) in [6.07, 6.45) is 44.2. The summed E-state index contributed by atoms with van der Waals surface area (Å²) in [4.78, 5) is 25.9. The lowest BCUT2D eigenvalue weighted by molar-refractivity contribution is -0.151. The van der Waals surface area contributed by atoms with Crippen LogP contribution >= 0.6 is 0 Å². The number of hydrogen-bond acceptors (Lipinski definition) is 5. The highest BCUT2D eigenvalue weighted by Gasteiger charge is 2.24. The number of unbranched alkanes of at least 4 members (excludes halogenated alkanes) is 28. The molecule has 0 bridgehead atoms. The fourth-order valence-electron chi connectivity index (χ4n) is 7.23. The number of rotatable bonds is 42. The molecule has 0 saturated heterocycles. The van der Waals surface area contributed by atoms with Gasteiger partial charge in [-0.05, 0) is 44.9 Å². The topological polar surface area (TPSA) is 95.9 Å². The molecule has 0 radical (unpaired) electrons. The summed E-state index contributed by atoms with van der Waals surface area (Å²) in [5, 5.41) is 23.6. The lowest BCUT2D eigenvalue weighted by atomic mass is 10.0. The number of aliphatic hydroxyl groups is 2. The Labute approximate surface area is 329 Å². The van der Waals surface area contributed by atoms with Gasteiger partial charge in [0.2, 0.25) is 5.91 Å². The molecule has 3 atom stereocenters. The van der Waals surface area contributed by atoms with Crippen LogP contribution in [0.15, 0.2) is 12.2 Å². The zero-order chi connectivity index (χ0) is 38.9. The monoisotopic (exact) mass is 750 g/mol. The average molecular weight is 750 g/mol. The van der Waals surface area contributed by atoms with Crippen LogP contribution in [0.5, 0.6) is 0 Å². The van der Waals surface area contributed by atoms with Crippen molar-refractivity contribution in [3.05, 3.63) is 12.2 Å². The SMILES string of the molecule is CCCC/C=C\CCCCCCCC(=O)OC(CCCCCCCCCC)CC(=O)NC(CO)C(O)CCCCCCCCCCCCCCCCC. The summed E-state index contributed by atoms with van der Waals surface area (Å²) < 4.78 is 5.87. The highest BCUT2D eigenvalue weighted by Crippen LogP contribution is 2.18. The minimum atomic E-state index is -0.781. The molecule has 0 aliphatic heterocycles. The Balaban J connectivity index is 4.42. The summed E-state index contributed by atoms with van der Waals surface area (Å²) >= 11 is 0.